The predicted molar refractivity (Wildman–Crippen MR) is 66.6 cm³/mol. The third-order valence-electron chi connectivity index (χ3n) is 2.66. The van der Waals surface area contributed by atoms with E-state index in [1.165, 1.54) is 0 Å². The molecule has 0 aliphatic rings. The second-order valence-electron chi connectivity index (χ2n) is 4.03. The van der Waals surface area contributed by atoms with Gasteiger partial charge in [-0.15, -0.1) is 0 Å². The molecule has 0 spiro atoms. The minimum absolute atomic E-state index is 0.208. The molecule has 2 rings (SSSR count). The second-order valence-corrected chi connectivity index (χ2v) is 4.03. The summed E-state index contributed by atoms with van der Waals surface area (Å²) in [5.41, 5.74) is 7.85. The third kappa shape index (κ3) is 2.30. The van der Waals surface area contributed by atoms with Crippen molar-refractivity contribution in [2.24, 2.45) is 5.73 Å². The molecule has 0 bridgehead atoms. The number of hydrogen-bond donors (Lipinski definition) is 1. The highest BCUT2D eigenvalue weighted by Crippen LogP contribution is 2.18. The van der Waals surface area contributed by atoms with Crippen LogP contribution in [-0.4, -0.2) is 28.3 Å². The highest BCUT2D eigenvalue weighted by atomic mass is 16.5. The number of aromatic nitrogens is 3. The van der Waals surface area contributed by atoms with Gasteiger partial charge in [0.25, 0.3) is 0 Å². The van der Waals surface area contributed by atoms with Crippen LogP contribution in [0.3, 0.4) is 0 Å². The van der Waals surface area contributed by atoms with Crippen LogP contribution in [0.5, 0.6) is 0 Å². The number of rotatable bonds is 5. The van der Waals surface area contributed by atoms with Crippen LogP contribution in [0.4, 0.5) is 0 Å². The van der Waals surface area contributed by atoms with Gasteiger partial charge in [0.1, 0.15) is 11.3 Å². The molecule has 2 N–H and O–H groups in total. The molecule has 1 unspecified atom stereocenters. The first kappa shape index (κ1) is 12.0. The summed E-state index contributed by atoms with van der Waals surface area (Å²) in [6.07, 6.45) is 2.80. The van der Waals surface area contributed by atoms with Crippen LogP contribution in [0.1, 0.15) is 25.2 Å². The lowest BCUT2D eigenvalue weighted by Crippen LogP contribution is -2.21. The standard InChI is InChI=1S/C12H18N4O/c1-3-7-16-11(9(13)8-17-2)15-10-5-4-6-14-12(10)16/h4-6,9H,3,7-8,13H2,1-2H3. The number of methoxy groups -OCH3 is 1. The second kappa shape index (κ2) is 5.25. The van der Waals surface area contributed by atoms with Crippen LogP contribution in [0.2, 0.25) is 0 Å². The van der Waals surface area contributed by atoms with Gasteiger partial charge in [-0.3, -0.25) is 0 Å². The van der Waals surface area contributed by atoms with E-state index in [1.807, 2.05) is 12.1 Å². The first-order valence-electron chi connectivity index (χ1n) is 5.83. The Kier molecular flexibility index (Phi) is 3.71. The van der Waals surface area contributed by atoms with E-state index in [0.29, 0.717) is 6.61 Å². The summed E-state index contributed by atoms with van der Waals surface area (Å²) in [6.45, 7) is 3.47. The summed E-state index contributed by atoms with van der Waals surface area (Å²) < 4.78 is 7.17. The van der Waals surface area contributed by atoms with Crippen molar-refractivity contribution in [1.29, 1.82) is 0 Å². The Morgan fingerprint density at radius 1 is 1.53 bits per heavy atom. The number of nitrogens with zero attached hydrogens (tertiary/aromatic N) is 3. The van der Waals surface area contributed by atoms with Crippen LogP contribution in [0, 0.1) is 0 Å². The number of hydrogen-bond acceptors (Lipinski definition) is 4. The number of pyridine rings is 1. The average molecular weight is 234 g/mol. The Hall–Kier alpha value is -1.46. The van der Waals surface area contributed by atoms with Gasteiger partial charge in [-0.05, 0) is 18.6 Å². The number of imidazole rings is 1. The van der Waals surface area contributed by atoms with Gasteiger partial charge in [-0.1, -0.05) is 6.92 Å². The normalized spacial score (nSPS) is 13.1. The van der Waals surface area contributed by atoms with E-state index in [4.69, 9.17) is 10.5 Å². The molecule has 2 aromatic heterocycles. The highest BCUT2D eigenvalue weighted by Gasteiger charge is 2.16. The zero-order chi connectivity index (χ0) is 12.3. The van der Waals surface area contributed by atoms with E-state index in [-0.39, 0.29) is 6.04 Å². The van der Waals surface area contributed by atoms with Crippen molar-refractivity contribution in [3.8, 4) is 0 Å². The van der Waals surface area contributed by atoms with Crippen LogP contribution < -0.4 is 5.73 Å². The van der Waals surface area contributed by atoms with Crippen molar-refractivity contribution in [3.63, 3.8) is 0 Å². The van der Waals surface area contributed by atoms with Gasteiger partial charge in [-0.25, -0.2) is 9.97 Å². The molecule has 0 saturated heterocycles. The van der Waals surface area contributed by atoms with Gasteiger partial charge in [0.2, 0.25) is 0 Å². The van der Waals surface area contributed by atoms with E-state index >= 15 is 0 Å². The van der Waals surface area contributed by atoms with Gasteiger partial charge < -0.3 is 15.0 Å². The zero-order valence-electron chi connectivity index (χ0n) is 10.3. The molecule has 5 heteroatoms. The molecule has 17 heavy (non-hydrogen) atoms. The minimum atomic E-state index is -0.208. The Bertz CT molecular complexity index is 494. The van der Waals surface area contributed by atoms with Gasteiger partial charge in [0, 0.05) is 19.9 Å². The SMILES string of the molecule is CCCn1c(C(N)COC)nc2cccnc21. The molecular formula is C12H18N4O. The highest BCUT2D eigenvalue weighted by molar-refractivity contribution is 5.71. The fourth-order valence-corrected chi connectivity index (χ4v) is 1.96. The van der Waals surface area contributed by atoms with Crippen molar-refractivity contribution < 1.29 is 4.74 Å². The first-order valence-corrected chi connectivity index (χ1v) is 5.83. The molecule has 0 saturated carbocycles. The van der Waals surface area contributed by atoms with E-state index < -0.39 is 0 Å². The molecule has 0 radical (unpaired) electrons. The lowest BCUT2D eigenvalue weighted by Gasteiger charge is -2.12. The lowest BCUT2D eigenvalue weighted by atomic mass is 10.3. The molecule has 0 fully saturated rings. The monoisotopic (exact) mass is 234 g/mol. The summed E-state index contributed by atoms with van der Waals surface area (Å²) >= 11 is 0. The smallest absolute Gasteiger partial charge is 0.160 e. The zero-order valence-corrected chi connectivity index (χ0v) is 10.3. The largest absolute Gasteiger partial charge is 0.383 e. The van der Waals surface area contributed by atoms with Gasteiger partial charge in [0.05, 0.1) is 12.6 Å². The molecule has 5 nitrogen and oxygen atoms in total. The molecule has 92 valence electrons. The topological polar surface area (TPSA) is 66.0 Å². The van der Waals surface area contributed by atoms with Crippen molar-refractivity contribution in [3.05, 3.63) is 24.2 Å². The van der Waals surface area contributed by atoms with Crippen molar-refractivity contribution in [2.75, 3.05) is 13.7 Å². The van der Waals surface area contributed by atoms with Crippen LogP contribution in [-0.2, 0) is 11.3 Å². The van der Waals surface area contributed by atoms with E-state index in [2.05, 4.69) is 21.5 Å². The minimum Gasteiger partial charge on any atom is -0.383 e. The number of ether oxygens (including phenoxy) is 1. The predicted octanol–water partition coefficient (Wildman–Crippen LogP) is 1.49. The summed E-state index contributed by atoms with van der Waals surface area (Å²) in [5, 5.41) is 0. The molecule has 0 aliphatic carbocycles. The van der Waals surface area contributed by atoms with Gasteiger partial charge >= 0.3 is 0 Å². The van der Waals surface area contributed by atoms with Gasteiger partial charge in [0.15, 0.2) is 5.65 Å². The van der Waals surface area contributed by atoms with E-state index in [9.17, 15) is 0 Å². The van der Waals surface area contributed by atoms with Crippen molar-refractivity contribution >= 4 is 11.2 Å². The fraction of sp³-hybridized carbons (Fsp3) is 0.500. The van der Waals surface area contributed by atoms with E-state index in [1.54, 1.807) is 13.3 Å². The summed E-state index contributed by atoms with van der Waals surface area (Å²) in [4.78, 5) is 8.91. The molecular weight excluding hydrogens is 216 g/mol. The van der Waals surface area contributed by atoms with Gasteiger partial charge in [-0.2, -0.15) is 0 Å². The molecule has 1 atom stereocenters. The quantitative estimate of drug-likeness (QED) is 0.851. The Morgan fingerprint density at radius 2 is 2.35 bits per heavy atom. The number of aryl methyl sites for hydroxylation is 1. The number of nitrogens with two attached hydrogens (primary N) is 1. The molecule has 0 aliphatic heterocycles. The molecule has 2 heterocycles. The molecule has 2 aromatic rings. The summed E-state index contributed by atoms with van der Waals surface area (Å²) in [6, 6.07) is 3.63. The molecule has 0 amide bonds. The van der Waals surface area contributed by atoms with Crippen LogP contribution in [0.25, 0.3) is 11.2 Å². The van der Waals surface area contributed by atoms with Crippen molar-refractivity contribution in [1.82, 2.24) is 14.5 Å². The Balaban J connectivity index is 2.49. The van der Waals surface area contributed by atoms with Crippen molar-refractivity contribution in [2.45, 2.75) is 25.9 Å². The fourth-order valence-electron chi connectivity index (χ4n) is 1.96. The van der Waals surface area contributed by atoms with E-state index in [0.717, 1.165) is 30.0 Å². The van der Waals surface area contributed by atoms with Crippen LogP contribution >= 0.6 is 0 Å². The lowest BCUT2D eigenvalue weighted by molar-refractivity contribution is 0.177. The maximum atomic E-state index is 6.06. The maximum Gasteiger partial charge on any atom is 0.160 e. The van der Waals surface area contributed by atoms with Crippen LogP contribution in [0.15, 0.2) is 18.3 Å². The third-order valence-corrected chi connectivity index (χ3v) is 2.66. The summed E-state index contributed by atoms with van der Waals surface area (Å²) in [7, 11) is 1.64. The maximum absolute atomic E-state index is 6.06. The first-order chi connectivity index (χ1) is 8.27. The summed E-state index contributed by atoms with van der Waals surface area (Å²) in [5.74, 6) is 0.849. The Labute approximate surface area is 101 Å². The Morgan fingerprint density at radius 3 is 3.06 bits per heavy atom. The average Bonchev–Trinajstić information content (AvgIpc) is 2.70. The molecule has 0 aromatic carbocycles. The number of fused-ring (bicyclic) bond motifs is 1.